The van der Waals surface area contributed by atoms with Gasteiger partial charge < -0.3 is 10.1 Å². The second kappa shape index (κ2) is 7.61. The molecule has 0 spiro atoms. The first-order valence-electron chi connectivity index (χ1n) is 7.37. The fourth-order valence-corrected chi connectivity index (χ4v) is 2.33. The molecule has 116 valence electrons. The van der Waals surface area contributed by atoms with Crippen LogP contribution in [0.3, 0.4) is 0 Å². The second-order valence-electron chi connectivity index (χ2n) is 5.22. The average Bonchev–Trinajstić information content (AvgIpc) is 2.50. The molecule has 0 radical (unpaired) electrons. The van der Waals surface area contributed by atoms with E-state index in [1.165, 1.54) is 0 Å². The molecule has 2 aromatic rings. The first kappa shape index (κ1) is 16.0. The number of hydrogen-bond acceptors (Lipinski definition) is 3. The lowest BCUT2D eigenvalue weighted by molar-refractivity contribution is -0.120. The Morgan fingerprint density at radius 1 is 1.09 bits per heavy atom. The number of likely N-dealkylation sites (N-methyl/N-ethyl adjacent to an activating group) is 1. The van der Waals surface area contributed by atoms with Gasteiger partial charge in [-0.15, -0.1) is 0 Å². The zero-order chi connectivity index (χ0) is 15.9. The van der Waals surface area contributed by atoms with Crippen LogP contribution in [0.5, 0.6) is 5.75 Å². The van der Waals surface area contributed by atoms with Crippen LogP contribution in [0.4, 0.5) is 5.69 Å². The SMILES string of the molecule is CCOc1ccc(NC(=O)C(c2ccccc2)N(C)C)cc1. The van der Waals surface area contributed by atoms with Crippen LogP contribution in [0, 0.1) is 0 Å². The Bertz CT molecular complexity index is 594. The molecule has 0 bridgehead atoms. The van der Waals surface area contributed by atoms with E-state index in [-0.39, 0.29) is 11.9 Å². The number of benzene rings is 2. The lowest BCUT2D eigenvalue weighted by Gasteiger charge is -2.23. The van der Waals surface area contributed by atoms with Crippen LogP contribution in [0.1, 0.15) is 18.5 Å². The Labute approximate surface area is 131 Å². The molecule has 0 heterocycles. The summed E-state index contributed by atoms with van der Waals surface area (Å²) >= 11 is 0. The third-order valence-electron chi connectivity index (χ3n) is 3.31. The molecule has 0 saturated carbocycles. The van der Waals surface area contributed by atoms with Crippen molar-refractivity contribution in [2.75, 3.05) is 26.0 Å². The van der Waals surface area contributed by atoms with Gasteiger partial charge in [-0.25, -0.2) is 0 Å². The molecule has 4 nitrogen and oxygen atoms in total. The largest absolute Gasteiger partial charge is 0.494 e. The number of rotatable bonds is 6. The standard InChI is InChI=1S/C18H22N2O2/c1-4-22-16-12-10-15(11-13-16)19-18(21)17(20(2)3)14-8-6-5-7-9-14/h5-13,17H,4H2,1-3H3,(H,19,21). The number of ether oxygens (including phenoxy) is 1. The van der Waals surface area contributed by atoms with Gasteiger partial charge in [-0.1, -0.05) is 30.3 Å². The number of nitrogens with zero attached hydrogens (tertiary/aromatic N) is 1. The van der Waals surface area contributed by atoms with Crippen LogP contribution in [0.25, 0.3) is 0 Å². The van der Waals surface area contributed by atoms with E-state index in [0.29, 0.717) is 6.61 Å². The summed E-state index contributed by atoms with van der Waals surface area (Å²) in [6, 6.07) is 16.8. The van der Waals surface area contributed by atoms with E-state index in [2.05, 4.69) is 5.32 Å². The van der Waals surface area contributed by atoms with Crippen molar-refractivity contribution in [2.24, 2.45) is 0 Å². The number of carbonyl (C=O) groups excluding carboxylic acids is 1. The summed E-state index contributed by atoms with van der Waals surface area (Å²) in [6.07, 6.45) is 0. The number of anilines is 1. The van der Waals surface area contributed by atoms with Gasteiger partial charge in [0, 0.05) is 5.69 Å². The third kappa shape index (κ3) is 4.09. The van der Waals surface area contributed by atoms with E-state index in [0.717, 1.165) is 17.0 Å². The van der Waals surface area contributed by atoms with Crippen LogP contribution in [-0.2, 0) is 4.79 Å². The highest BCUT2D eigenvalue weighted by molar-refractivity contribution is 5.95. The van der Waals surface area contributed by atoms with Crippen molar-refractivity contribution in [1.29, 1.82) is 0 Å². The molecule has 0 saturated heterocycles. The molecular formula is C18H22N2O2. The summed E-state index contributed by atoms with van der Waals surface area (Å²) in [5.74, 6) is 0.744. The van der Waals surface area contributed by atoms with E-state index in [1.807, 2.05) is 80.5 Å². The number of amides is 1. The van der Waals surface area contributed by atoms with Crippen LogP contribution in [0.2, 0.25) is 0 Å². The Morgan fingerprint density at radius 3 is 2.27 bits per heavy atom. The lowest BCUT2D eigenvalue weighted by Crippen LogP contribution is -2.32. The molecule has 0 aromatic heterocycles. The molecule has 0 aliphatic heterocycles. The van der Waals surface area contributed by atoms with Crippen LogP contribution in [0.15, 0.2) is 54.6 Å². The van der Waals surface area contributed by atoms with Crippen molar-refractivity contribution in [2.45, 2.75) is 13.0 Å². The molecular weight excluding hydrogens is 276 g/mol. The van der Waals surface area contributed by atoms with Crippen molar-refractivity contribution in [3.05, 3.63) is 60.2 Å². The first-order valence-corrected chi connectivity index (χ1v) is 7.37. The van der Waals surface area contributed by atoms with Crippen LogP contribution >= 0.6 is 0 Å². The zero-order valence-corrected chi connectivity index (χ0v) is 13.2. The minimum Gasteiger partial charge on any atom is -0.494 e. The van der Waals surface area contributed by atoms with Gasteiger partial charge in [0.1, 0.15) is 11.8 Å². The molecule has 2 aromatic carbocycles. The first-order chi connectivity index (χ1) is 10.6. The normalized spacial score (nSPS) is 12.0. The molecule has 0 aliphatic carbocycles. The molecule has 1 unspecified atom stereocenters. The molecule has 1 atom stereocenters. The fourth-order valence-electron chi connectivity index (χ4n) is 2.33. The molecule has 1 amide bonds. The molecule has 0 fully saturated rings. The minimum absolute atomic E-state index is 0.0552. The Kier molecular flexibility index (Phi) is 5.55. The fraction of sp³-hybridized carbons (Fsp3) is 0.278. The Morgan fingerprint density at radius 2 is 1.73 bits per heavy atom. The van der Waals surface area contributed by atoms with E-state index in [1.54, 1.807) is 0 Å². The van der Waals surface area contributed by atoms with Gasteiger partial charge in [0.2, 0.25) is 5.91 Å². The number of carbonyl (C=O) groups is 1. The van der Waals surface area contributed by atoms with Crippen molar-refractivity contribution in [3.8, 4) is 5.75 Å². The highest BCUT2D eigenvalue weighted by atomic mass is 16.5. The maximum atomic E-state index is 12.6. The second-order valence-corrected chi connectivity index (χ2v) is 5.22. The van der Waals surface area contributed by atoms with Crippen molar-refractivity contribution >= 4 is 11.6 Å². The molecule has 4 heteroatoms. The van der Waals surface area contributed by atoms with E-state index < -0.39 is 0 Å². The summed E-state index contributed by atoms with van der Waals surface area (Å²) < 4.78 is 5.40. The summed E-state index contributed by atoms with van der Waals surface area (Å²) in [5.41, 5.74) is 1.73. The van der Waals surface area contributed by atoms with Gasteiger partial charge in [-0.2, -0.15) is 0 Å². The summed E-state index contributed by atoms with van der Waals surface area (Å²) in [7, 11) is 3.80. The number of hydrogen-bond donors (Lipinski definition) is 1. The van der Waals surface area contributed by atoms with Crippen LogP contribution < -0.4 is 10.1 Å². The van der Waals surface area contributed by atoms with Gasteiger partial charge in [0.15, 0.2) is 0 Å². The quantitative estimate of drug-likeness (QED) is 0.889. The molecule has 1 N–H and O–H groups in total. The maximum absolute atomic E-state index is 12.6. The predicted molar refractivity (Wildman–Crippen MR) is 89.1 cm³/mol. The lowest BCUT2D eigenvalue weighted by atomic mass is 10.1. The third-order valence-corrected chi connectivity index (χ3v) is 3.31. The zero-order valence-electron chi connectivity index (χ0n) is 13.2. The monoisotopic (exact) mass is 298 g/mol. The van der Waals surface area contributed by atoms with Gasteiger partial charge in [-0.3, -0.25) is 9.69 Å². The maximum Gasteiger partial charge on any atom is 0.246 e. The van der Waals surface area contributed by atoms with E-state index in [4.69, 9.17) is 4.74 Å². The van der Waals surface area contributed by atoms with Gasteiger partial charge in [-0.05, 0) is 50.8 Å². The summed E-state index contributed by atoms with van der Waals surface area (Å²) in [5, 5.41) is 2.95. The van der Waals surface area contributed by atoms with Gasteiger partial charge in [0.05, 0.1) is 6.61 Å². The summed E-state index contributed by atoms with van der Waals surface area (Å²) in [4.78, 5) is 14.5. The minimum atomic E-state index is -0.326. The Balaban J connectivity index is 2.11. The van der Waals surface area contributed by atoms with Crippen molar-refractivity contribution in [1.82, 2.24) is 4.90 Å². The topological polar surface area (TPSA) is 41.6 Å². The van der Waals surface area contributed by atoms with Gasteiger partial charge >= 0.3 is 0 Å². The highest BCUT2D eigenvalue weighted by Crippen LogP contribution is 2.21. The molecule has 22 heavy (non-hydrogen) atoms. The van der Waals surface area contributed by atoms with Crippen molar-refractivity contribution in [3.63, 3.8) is 0 Å². The number of nitrogens with one attached hydrogen (secondary N) is 1. The highest BCUT2D eigenvalue weighted by Gasteiger charge is 2.22. The smallest absolute Gasteiger partial charge is 0.246 e. The van der Waals surface area contributed by atoms with E-state index >= 15 is 0 Å². The van der Waals surface area contributed by atoms with Crippen LogP contribution in [-0.4, -0.2) is 31.5 Å². The Hall–Kier alpha value is -2.33. The average molecular weight is 298 g/mol. The van der Waals surface area contributed by atoms with Crippen molar-refractivity contribution < 1.29 is 9.53 Å². The van der Waals surface area contributed by atoms with E-state index in [9.17, 15) is 4.79 Å². The van der Waals surface area contributed by atoms with Gasteiger partial charge in [0.25, 0.3) is 0 Å². The molecule has 2 rings (SSSR count). The predicted octanol–water partition coefficient (Wildman–Crippen LogP) is 3.33. The summed E-state index contributed by atoms with van der Waals surface area (Å²) in [6.45, 7) is 2.57. The molecule has 0 aliphatic rings.